The average molecular weight is 234 g/mol. The first-order chi connectivity index (χ1) is 8.90. The molecule has 2 aliphatic heterocycles. The standard InChI is InChI=1S/C14H10N4/c1-2-4-11-9(3-1)7-12(16-11)10-5-6-15-14-13(8-10)17-18-14/h1-8,16-17H. The number of nitrogens with one attached hydrogen (secondary N) is 2. The van der Waals surface area contributed by atoms with Crippen molar-refractivity contribution in [1.29, 1.82) is 0 Å². The zero-order chi connectivity index (χ0) is 11.9. The number of para-hydroxylation sites is 1. The Kier molecular flexibility index (Phi) is 1.80. The van der Waals surface area contributed by atoms with Gasteiger partial charge in [0.25, 0.3) is 0 Å². The molecule has 0 amide bonds. The smallest absolute Gasteiger partial charge is 0.197 e. The molecule has 0 saturated carbocycles. The number of benzene rings is 1. The molecule has 4 nitrogen and oxygen atoms in total. The van der Waals surface area contributed by atoms with Crippen LogP contribution in [0.1, 0.15) is 0 Å². The predicted molar refractivity (Wildman–Crippen MR) is 70.3 cm³/mol. The molecular weight excluding hydrogens is 224 g/mol. The van der Waals surface area contributed by atoms with Crippen LogP contribution in [0.5, 0.6) is 0 Å². The van der Waals surface area contributed by atoms with E-state index in [1.165, 1.54) is 5.39 Å². The van der Waals surface area contributed by atoms with Crippen LogP contribution in [0.3, 0.4) is 0 Å². The van der Waals surface area contributed by atoms with Gasteiger partial charge in [0.1, 0.15) is 5.69 Å². The van der Waals surface area contributed by atoms with Crippen molar-refractivity contribution in [2.24, 2.45) is 0 Å². The Hall–Kier alpha value is -2.62. The summed E-state index contributed by atoms with van der Waals surface area (Å²) in [5, 5.41) is 8.09. The highest BCUT2D eigenvalue weighted by molar-refractivity contribution is 5.86. The number of H-pyrrole nitrogens is 2. The summed E-state index contributed by atoms with van der Waals surface area (Å²) in [6.07, 6.45) is 1.78. The molecule has 2 N–H and O–H groups in total. The minimum absolute atomic E-state index is 0.761. The summed E-state index contributed by atoms with van der Waals surface area (Å²) in [5.41, 5.74) is 4.30. The van der Waals surface area contributed by atoms with Crippen LogP contribution in [-0.2, 0) is 0 Å². The van der Waals surface area contributed by atoms with Crippen molar-refractivity contribution in [2.45, 2.75) is 0 Å². The molecule has 0 fully saturated rings. The second-order valence-corrected chi connectivity index (χ2v) is 4.28. The highest BCUT2D eigenvalue weighted by Gasteiger charge is 2.09. The van der Waals surface area contributed by atoms with Crippen LogP contribution in [0.2, 0.25) is 0 Å². The lowest BCUT2D eigenvalue weighted by Gasteiger charge is -2.01. The topological polar surface area (TPSA) is 57.4 Å². The van der Waals surface area contributed by atoms with Gasteiger partial charge in [-0.1, -0.05) is 18.2 Å². The van der Waals surface area contributed by atoms with Crippen LogP contribution < -0.4 is 0 Å². The number of aromatic amines is 2. The van der Waals surface area contributed by atoms with Gasteiger partial charge >= 0.3 is 0 Å². The van der Waals surface area contributed by atoms with E-state index in [4.69, 9.17) is 0 Å². The zero-order valence-electron chi connectivity index (χ0n) is 9.51. The van der Waals surface area contributed by atoms with Crippen molar-refractivity contribution in [3.8, 4) is 22.8 Å². The number of fused-ring (bicyclic) bond motifs is 2. The predicted octanol–water partition coefficient (Wildman–Crippen LogP) is 3.06. The maximum Gasteiger partial charge on any atom is 0.197 e. The zero-order valence-corrected chi connectivity index (χ0v) is 9.51. The Morgan fingerprint density at radius 1 is 0.944 bits per heavy atom. The van der Waals surface area contributed by atoms with E-state index in [9.17, 15) is 0 Å². The fourth-order valence-corrected chi connectivity index (χ4v) is 2.15. The van der Waals surface area contributed by atoms with Gasteiger partial charge in [0.2, 0.25) is 0 Å². The molecule has 18 heavy (non-hydrogen) atoms. The van der Waals surface area contributed by atoms with Gasteiger partial charge in [0, 0.05) is 28.4 Å². The van der Waals surface area contributed by atoms with Crippen molar-refractivity contribution >= 4 is 10.9 Å². The van der Waals surface area contributed by atoms with Gasteiger partial charge in [0.05, 0.1) is 0 Å². The van der Waals surface area contributed by atoms with Crippen LogP contribution in [0.4, 0.5) is 0 Å². The van der Waals surface area contributed by atoms with E-state index < -0.39 is 0 Å². The van der Waals surface area contributed by atoms with Crippen LogP contribution >= 0.6 is 0 Å². The molecule has 2 aromatic rings. The quantitative estimate of drug-likeness (QED) is 0.531. The highest BCUT2D eigenvalue weighted by atomic mass is 15.2. The number of hydrogen-bond acceptors (Lipinski definition) is 2. The molecule has 0 atom stereocenters. The SMILES string of the molecule is c1ccc2[nH]c(-c3ccnc4n[nH]c-4c3)cc2c1. The van der Waals surface area contributed by atoms with E-state index in [1.807, 2.05) is 18.2 Å². The third-order valence-electron chi connectivity index (χ3n) is 3.11. The van der Waals surface area contributed by atoms with E-state index in [0.717, 1.165) is 28.3 Å². The van der Waals surface area contributed by atoms with Gasteiger partial charge < -0.3 is 4.98 Å². The lowest BCUT2D eigenvalue weighted by Crippen LogP contribution is -1.97. The number of aromatic nitrogens is 4. The fourth-order valence-electron chi connectivity index (χ4n) is 2.15. The van der Waals surface area contributed by atoms with Crippen molar-refractivity contribution in [3.05, 3.63) is 48.7 Å². The van der Waals surface area contributed by atoms with E-state index in [2.05, 4.69) is 44.4 Å². The van der Waals surface area contributed by atoms with Crippen LogP contribution in [0, 0.1) is 0 Å². The summed E-state index contributed by atoms with van der Waals surface area (Å²) < 4.78 is 0. The third kappa shape index (κ3) is 1.32. The van der Waals surface area contributed by atoms with Gasteiger partial charge in [-0.2, -0.15) is 5.10 Å². The van der Waals surface area contributed by atoms with Crippen LogP contribution in [0.15, 0.2) is 48.7 Å². The molecule has 0 spiro atoms. The lowest BCUT2D eigenvalue weighted by molar-refractivity contribution is 0.932. The molecule has 0 unspecified atom stereocenters. The molecule has 1 aromatic heterocycles. The normalized spacial score (nSPS) is 11.3. The summed E-state index contributed by atoms with van der Waals surface area (Å²) in [7, 11) is 0. The molecule has 1 aromatic carbocycles. The summed E-state index contributed by atoms with van der Waals surface area (Å²) in [4.78, 5) is 7.64. The number of hydrogen-bond donors (Lipinski definition) is 2. The van der Waals surface area contributed by atoms with Gasteiger partial charge in [-0.3, -0.25) is 5.10 Å². The maximum absolute atomic E-state index is 4.23. The molecule has 4 heteroatoms. The highest BCUT2D eigenvalue weighted by Crippen LogP contribution is 2.26. The Morgan fingerprint density at radius 3 is 2.72 bits per heavy atom. The lowest BCUT2D eigenvalue weighted by atomic mass is 10.2. The molecule has 4 rings (SSSR count). The van der Waals surface area contributed by atoms with Crippen molar-refractivity contribution in [2.75, 3.05) is 0 Å². The summed E-state index contributed by atoms with van der Waals surface area (Å²) in [6.45, 7) is 0. The second-order valence-electron chi connectivity index (χ2n) is 4.28. The minimum atomic E-state index is 0.761. The first kappa shape index (κ1) is 9.41. The summed E-state index contributed by atoms with van der Waals surface area (Å²) >= 11 is 0. The first-order valence-electron chi connectivity index (χ1n) is 5.78. The monoisotopic (exact) mass is 234 g/mol. The first-order valence-corrected chi connectivity index (χ1v) is 5.78. The van der Waals surface area contributed by atoms with E-state index in [-0.39, 0.29) is 0 Å². The average Bonchev–Trinajstić information content (AvgIpc) is 2.73. The van der Waals surface area contributed by atoms with Gasteiger partial charge in [0.15, 0.2) is 5.82 Å². The largest absolute Gasteiger partial charge is 0.355 e. The molecule has 0 radical (unpaired) electrons. The molecule has 0 aliphatic carbocycles. The Balaban J connectivity index is 1.94. The summed E-state index contributed by atoms with van der Waals surface area (Å²) in [6, 6.07) is 14.4. The van der Waals surface area contributed by atoms with Gasteiger partial charge in [-0.15, -0.1) is 0 Å². The number of rotatable bonds is 1. The fraction of sp³-hybridized carbons (Fsp3) is 0. The molecular formula is C14H10N4. The summed E-state index contributed by atoms with van der Waals surface area (Å²) in [5.74, 6) is 0.761. The van der Waals surface area contributed by atoms with Crippen molar-refractivity contribution in [1.82, 2.24) is 20.2 Å². The molecule has 86 valence electrons. The van der Waals surface area contributed by atoms with E-state index >= 15 is 0 Å². The van der Waals surface area contributed by atoms with Crippen LogP contribution in [0.25, 0.3) is 33.7 Å². The minimum Gasteiger partial charge on any atom is -0.355 e. The molecule has 3 heterocycles. The van der Waals surface area contributed by atoms with Crippen LogP contribution in [-0.4, -0.2) is 20.2 Å². The Bertz CT molecular complexity index is 763. The molecule has 0 bridgehead atoms. The van der Waals surface area contributed by atoms with Gasteiger partial charge in [-0.05, 0) is 24.3 Å². The van der Waals surface area contributed by atoms with Crippen molar-refractivity contribution in [3.63, 3.8) is 0 Å². The third-order valence-corrected chi connectivity index (χ3v) is 3.11. The number of nitrogens with zero attached hydrogens (tertiary/aromatic N) is 2. The molecule has 0 saturated heterocycles. The Morgan fingerprint density at radius 2 is 1.89 bits per heavy atom. The van der Waals surface area contributed by atoms with Crippen molar-refractivity contribution < 1.29 is 0 Å². The van der Waals surface area contributed by atoms with E-state index in [1.54, 1.807) is 6.20 Å². The second kappa shape index (κ2) is 3.43. The van der Waals surface area contributed by atoms with Gasteiger partial charge in [-0.25, -0.2) is 4.98 Å². The van der Waals surface area contributed by atoms with E-state index in [0.29, 0.717) is 0 Å². The molecule has 2 aliphatic rings. The Labute approximate surface area is 103 Å². The maximum atomic E-state index is 4.23.